The molecule has 25 heavy (non-hydrogen) atoms. The van der Waals surface area contributed by atoms with Gasteiger partial charge in [-0.1, -0.05) is 43.7 Å². The Bertz CT molecular complexity index is 827. The lowest BCUT2D eigenvalue weighted by Crippen LogP contribution is -2.46. The predicted octanol–water partition coefficient (Wildman–Crippen LogP) is 4.23. The maximum Gasteiger partial charge on any atom is 0.229 e. The summed E-state index contributed by atoms with van der Waals surface area (Å²) in [6.07, 6.45) is 4.53. The Kier molecular flexibility index (Phi) is 4.03. The van der Waals surface area contributed by atoms with Crippen LogP contribution in [-0.4, -0.2) is 18.5 Å². The van der Waals surface area contributed by atoms with E-state index in [0.717, 1.165) is 31.4 Å². The van der Waals surface area contributed by atoms with Gasteiger partial charge in [-0.25, -0.2) is 0 Å². The van der Waals surface area contributed by atoms with Gasteiger partial charge in [-0.3, -0.25) is 4.79 Å². The Morgan fingerprint density at radius 2 is 2.00 bits per heavy atom. The smallest absolute Gasteiger partial charge is 0.229 e. The molecule has 2 unspecified atom stereocenters. The van der Waals surface area contributed by atoms with Crippen LogP contribution in [0.1, 0.15) is 55.7 Å². The minimum absolute atomic E-state index is 0.238. The van der Waals surface area contributed by atoms with Gasteiger partial charge in [0.25, 0.3) is 0 Å². The van der Waals surface area contributed by atoms with Gasteiger partial charge >= 0.3 is 0 Å². The minimum atomic E-state index is -0.311. The van der Waals surface area contributed by atoms with E-state index in [2.05, 4.69) is 43.0 Å². The van der Waals surface area contributed by atoms with Gasteiger partial charge in [-0.15, -0.1) is 0 Å². The first kappa shape index (κ1) is 16.2. The summed E-state index contributed by atoms with van der Waals surface area (Å²) < 4.78 is 0. The first-order valence-electron chi connectivity index (χ1n) is 9.44. The van der Waals surface area contributed by atoms with Crippen LogP contribution in [0.5, 0.6) is 0 Å². The van der Waals surface area contributed by atoms with Crippen molar-refractivity contribution in [3.8, 4) is 11.1 Å². The highest BCUT2D eigenvalue weighted by molar-refractivity contribution is 5.97. The molecule has 0 bridgehead atoms. The maximum atomic E-state index is 12.4. The van der Waals surface area contributed by atoms with Gasteiger partial charge in [0, 0.05) is 18.3 Å². The molecule has 1 fully saturated rings. The molecule has 0 spiro atoms. The van der Waals surface area contributed by atoms with E-state index in [1.165, 1.54) is 34.4 Å². The van der Waals surface area contributed by atoms with Crippen molar-refractivity contribution in [2.24, 2.45) is 5.73 Å². The van der Waals surface area contributed by atoms with Gasteiger partial charge in [-0.05, 0) is 60.1 Å². The molecule has 130 valence electrons. The SMILES string of the molecule is CCCCc1c(N2CCC2C)ccc2c1C(C(N)=O)c1ccccc1-2. The van der Waals surface area contributed by atoms with Gasteiger partial charge in [-0.2, -0.15) is 0 Å². The number of nitrogens with zero attached hydrogens (tertiary/aromatic N) is 1. The number of benzene rings is 2. The molecule has 2 aromatic carbocycles. The summed E-state index contributed by atoms with van der Waals surface area (Å²) in [7, 11) is 0. The van der Waals surface area contributed by atoms with Gasteiger partial charge in [0.05, 0.1) is 5.92 Å². The van der Waals surface area contributed by atoms with E-state index in [1.807, 2.05) is 12.1 Å². The second-order valence-corrected chi connectivity index (χ2v) is 7.38. The van der Waals surface area contributed by atoms with Gasteiger partial charge in [0.15, 0.2) is 0 Å². The Morgan fingerprint density at radius 3 is 2.64 bits per heavy atom. The van der Waals surface area contributed by atoms with Gasteiger partial charge < -0.3 is 10.6 Å². The Morgan fingerprint density at radius 1 is 1.20 bits per heavy atom. The van der Waals surface area contributed by atoms with Gasteiger partial charge in [0.1, 0.15) is 0 Å². The largest absolute Gasteiger partial charge is 0.369 e. The first-order valence-corrected chi connectivity index (χ1v) is 9.44. The molecule has 0 aromatic heterocycles. The third-order valence-corrected chi connectivity index (χ3v) is 5.88. The molecule has 3 nitrogen and oxygen atoms in total. The van der Waals surface area contributed by atoms with Crippen molar-refractivity contribution in [3.63, 3.8) is 0 Å². The number of primary amides is 1. The summed E-state index contributed by atoms with van der Waals surface area (Å²) in [6.45, 7) is 5.60. The average Bonchev–Trinajstić information content (AvgIpc) is 2.94. The molecule has 1 amide bonds. The van der Waals surface area contributed by atoms with Crippen LogP contribution in [0.15, 0.2) is 36.4 Å². The fraction of sp³-hybridized carbons (Fsp3) is 0.409. The summed E-state index contributed by atoms with van der Waals surface area (Å²) in [4.78, 5) is 14.9. The Labute approximate surface area is 149 Å². The maximum absolute atomic E-state index is 12.4. The van der Waals surface area contributed by atoms with E-state index in [9.17, 15) is 4.79 Å². The topological polar surface area (TPSA) is 46.3 Å². The van der Waals surface area contributed by atoms with Crippen LogP contribution in [0.4, 0.5) is 5.69 Å². The number of carbonyl (C=O) groups is 1. The number of unbranched alkanes of at least 4 members (excludes halogenated alkanes) is 1. The molecular formula is C22H26N2O. The molecule has 2 aliphatic rings. The van der Waals surface area contributed by atoms with Crippen molar-refractivity contribution >= 4 is 11.6 Å². The van der Waals surface area contributed by atoms with E-state index in [-0.39, 0.29) is 11.8 Å². The lowest BCUT2D eigenvalue weighted by molar-refractivity contribution is -0.118. The van der Waals surface area contributed by atoms with E-state index < -0.39 is 0 Å². The second-order valence-electron chi connectivity index (χ2n) is 7.38. The van der Waals surface area contributed by atoms with Crippen molar-refractivity contribution < 1.29 is 4.79 Å². The fourth-order valence-corrected chi connectivity index (χ4v) is 4.42. The number of hydrogen-bond acceptors (Lipinski definition) is 2. The highest BCUT2D eigenvalue weighted by atomic mass is 16.1. The molecule has 3 heteroatoms. The molecule has 1 saturated heterocycles. The average molecular weight is 334 g/mol. The lowest BCUT2D eigenvalue weighted by atomic mass is 9.87. The summed E-state index contributed by atoms with van der Waals surface area (Å²) >= 11 is 0. The van der Waals surface area contributed by atoms with Crippen LogP contribution in [0.2, 0.25) is 0 Å². The molecule has 2 atom stereocenters. The number of carbonyl (C=O) groups excluding carboxylic acids is 1. The highest BCUT2D eigenvalue weighted by Gasteiger charge is 2.37. The fourth-order valence-electron chi connectivity index (χ4n) is 4.42. The number of amides is 1. The molecule has 0 saturated carbocycles. The molecule has 1 heterocycles. The quantitative estimate of drug-likeness (QED) is 0.889. The summed E-state index contributed by atoms with van der Waals surface area (Å²) in [5.41, 5.74) is 13.1. The summed E-state index contributed by atoms with van der Waals surface area (Å²) in [5, 5.41) is 0. The van der Waals surface area contributed by atoms with Crippen molar-refractivity contribution in [2.45, 2.75) is 51.5 Å². The lowest BCUT2D eigenvalue weighted by Gasteiger charge is -2.42. The van der Waals surface area contributed by atoms with E-state index >= 15 is 0 Å². The monoisotopic (exact) mass is 334 g/mol. The number of hydrogen-bond donors (Lipinski definition) is 1. The second kappa shape index (κ2) is 6.21. The van der Waals surface area contributed by atoms with Crippen LogP contribution in [0.3, 0.4) is 0 Å². The van der Waals surface area contributed by atoms with E-state index in [4.69, 9.17) is 5.73 Å². The third kappa shape index (κ3) is 2.45. The normalized spacial score (nSPS) is 20.8. The molecular weight excluding hydrogens is 308 g/mol. The van der Waals surface area contributed by atoms with Crippen LogP contribution in [0.25, 0.3) is 11.1 Å². The number of rotatable bonds is 5. The van der Waals surface area contributed by atoms with Crippen LogP contribution >= 0.6 is 0 Å². The predicted molar refractivity (Wildman–Crippen MR) is 103 cm³/mol. The van der Waals surface area contributed by atoms with Gasteiger partial charge in [0.2, 0.25) is 5.91 Å². The van der Waals surface area contributed by atoms with Crippen LogP contribution < -0.4 is 10.6 Å². The molecule has 1 aliphatic carbocycles. The van der Waals surface area contributed by atoms with Crippen LogP contribution in [-0.2, 0) is 11.2 Å². The van der Waals surface area contributed by atoms with E-state index in [1.54, 1.807) is 0 Å². The minimum Gasteiger partial charge on any atom is -0.369 e. The summed E-state index contributed by atoms with van der Waals surface area (Å²) in [5.74, 6) is -0.549. The number of fused-ring (bicyclic) bond motifs is 3. The zero-order chi connectivity index (χ0) is 17.6. The number of nitrogens with two attached hydrogens (primary N) is 1. The van der Waals surface area contributed by atoms with Crippen molar-refractivity contribution in [3.05, 3.63) is 53.1 Å². The first-order chi connectivity index (χ1) is 12.1. The van der Waals surface area contributed by atoms with Crippen molar-refractivity contribution in [2.75, 3.05) is 11.4 Å². The zero-order valence-electron chi connectivity index (χ0n) is 15.1. The molecule has 1 aliphatic heterocycles. The molecule has 2 aromatic rings. The van der Waals surface area contributed by atoms with Crippen LogP contribution in [0, 0.1) is 0 Å². The highest BCUT2D eigenvalue weighted by Crippen LogP contribution is 2.49. The Hall–Kier alpha value is -2.29. The van der Waals surface area contributed by atoms with E-state index in [0.29, 0.717) is 6.04 Å². The van der Waals surface area contributed by atoms with Crippen molar-refractivity contribution in [1.29, 1.82) is 0 Å². The molecule has 2 N–H and O–H groups in total. The summed E-state index contributed by atoms with van der Waals surface area (Å²) in [6, 6.07) is 13.3. The standard InChI is InChI=1S/C22H26N2O/c1-3-4-7-18-19(24-13-12-14(24)2)11-10-17-15-8-5-6-9-16(15)21(20(17)18)22(23)25/h5-6,8-11,14,21H,3-4,7,12-13H2,1-2H3,(H2,23,25). The number of anilines is 1. The Balaban J connectivity index is 1.92. The molecule has 4 rings (SSSR count). The third-order valence-electron chi connectivity index (χ3n) is 5.88. The van der Waals surface area contributed by atoms with Crippen molar-refractivity contribution in [1.82, 2.24) is 0 Å². The molecule has 0 radical (unpaired) electrons. The zero-order valence-corrected chi connectivity index (χ0v) is 15.1.